The van der Waals surface area contributed by atoms with Crippen molar-refractivity contribution in [3.05, 3.63) is 132 Å². The molecule has 40 heavy (non-hydrogen) atoms. The minimum atomic E-state index is -0.245. The predicted octanol–water partition coefficient (Wildman–Crippen LogP) is 9.08. The van der Waals surface area contributed by atoms with Crippen molar-refractivity contribution in [3.8, 4) is 28.0 Å². The van der Waals surface area contributed by atoms with Gasteiger partial charge in [0.15, 0.2) is 5.78 Å². The van der Waals surface area contributed by atoms with Gasteiger partial charge >= 0.3 is 0 Å². The van der Waals surface area contributed by atoms with E-state index in [2.05, 4.69) is 67.7 Å². The van der Waals surface area contributed by atoms with Gasteiger partial charge in [-0.3, -0.25) is 4.79 Å². The molecule has 2 aliphatic rings. The first-order valence-electron chi connectivity index (χ1n) is 13.9. The molecule has 1 heterocycles. The Morgan fingerprint density at radius 3 is 2.00 bits per heavy atom. The van der Waals surface area contributed by atoms with Crippen molar-refractivity contribution >= 4 is 22.2 Å². The molecule has 1 aliphatic heterocycles. The maximum atomic E-state index is 13.9. The van der Waals surface area contributed by atoms with Crippen LogP contribution in [0.2, 0.25) is 0 Å². The van der Waals surface area contributed by atoms with Crippen LogP contribution in [-0.2, 0) is 4.79 Å². The number of phenols is 1. The zero-order valence-electron chi connectivity index (χ0n) is 22.7. The van der Waals surface area contributed by atoms with E-state index in [1.807, 2.05) is 60.7 Å². The Balaban J connectivity index is 1.54. The number of carbonyl (C=O) groups excluding carboxylic acids is 1. The largest absolute Gasteiger partial charge is 0.507 e. The van der Waals surface area contributed by atoms with Gasteiger partial charge in [0.25, 0.3) is 0 Å². The van der Waals surface area contributed by atoms with Gasteiger partial charge in [0.2, 0.25) is 0 Å². The molecule has 1 unspecified atom stereocenters. The third kappa shape index (κ3) is 4.01. The monoisotopic (exact) mass is 521 g/mol. The number of anilines is 1. The number of benzene rings is 5. The summed E-state index contributed by atoms with van der Waals surface area (Å²) in [6.45, 7) is 4.34. The van der Waals surface area contributed by atoms with Gasteiger partial charge < -0.3 is 10.4 Å². The quantitative estimate of drug-likeness (QED) is 0.249. The number of Topliss-reactive ketones (excluding diaryl/α,β-unsaturated/α-hetero) is 1. The molecule has 0 radical (unpaired) electrons. The minimum absolute atomic E-state index is 0.116. The lowest BCUT2D eigenvalue weighted by Crippen LogP contribution is -2.33. The molecular formula is C37H31NO2. The molecule has 1 atom stereocenters. The molecule has 5 aromatic carbocycles. The van der Waals surface area contributed by atoms with Crippen LogP contribution in [0.25, 0.3) is 33.0 Å². The molecule has 5 aromatic rings. The minimum Gasteiger partial charge on any atom is -0.507 e. The fraction of sp³-hybridized carbons (Fsp3) is 0.162. The Hall–Kier alpha value is -4.63. The van der Waals surface area contributed by atoms with Crippen LogP contribution in [0.4, 0.5) is 5.69 Å². The third-order valence-electron chi connectivity index (χ3n) is 8.39. The smallest absolute Gasteiger partial charge is 0.162 e. The van der Waals surface area contributed by atoms with Gasteiger partial charge in [-0.05, 0) is 51.6 Å². The van der Waals surface area contributed by atoms with Crippen LogP contribution in [0, 0.1) is 5.41 Å². The van der Waals surface area contributed by atoms with Crippen molar-refractivity contribution in [2.24, 2.45) is 5.41 Å². The summed E-state index contributed by atoms with van der Waals surface area (Å²) < 4.78 is 0. The van der Waals surface area contributed by atoms with Crippen molar-refractivity contribution in [1.82, 2.24) is 0 Å². The fourth-order valence-corrected chi connectivity index (χ4v) is 6.60. The maximum absolute atomic E-state index is 13.9. The van der Waals surface area contributed by atoms with E-state index < -0.39 is 0 Å². The number of hydrogen-bond acceptors (Lipinski definition) is 3. The van der Waals surface area contributed by atoms with Gasteiger partial charge in [0.05, 0.1) is 5.69 Å². The van der Waals surface area contributed by atoms with E-state index in [0.29, 0.717) is 6.42 Å². The summed E-state index contributed by atoms with van der Waals surface area (Å²) in [6.07, 6.45) is 1.32. The van der Waals surface area contributed by atoms with Gasteiger partial charge in [0.1, 0.15) is 5.75 Å². The van der Waals surface area contributed by atoms with Gasteiger partial charge in [-0.2, -0.15) is 0 Å². The number of hydrogen-bond donors (Lipinski definition) is 2. The molecule has 3 heteroatoms. The van der Waals surface area contributed by atoms with Crippen LogP contribution in [0.5, 0.6) is 5.75 Å². The molecule has 0 saturated carbocycles. The highest BCUT2D eigenvalue weighted by atomic mass is 16.3. The topological polar surface area (TPSA) is 49.3 Å². The van der Waals surface area contributed by atoms with Crippen LogP contribution >= 0.6 is 0 Å². The highest BCUT2D eigenvalue weighted by molar-refractivity contribution is 6.05. The second-order valence-corrected chi connectivity index (χ2v) is 11.8. The first-order chi connectivity index (χ1) is 19.4. The molecule has 3 nitrogen and oxygen atoms in total. The van der Waals surface area contributed by atoms with Gasteiger partial charge in [-0.1, -0.05) is 111 Å². The molecule has 0 fully saturated rings. The average molecular weight is 522 g/mol. The van der Waals surface area contributed by atoms with Crippen LogP contribution in [0.15, 0.2) is 120 Å². The van der Waals surface area contributed by atoms with Crippen molar-refractivity contribution < 1.29 is 9.90 Å². The molecule has 0 aromatic heterocycles. The molecule has 0 saturated heterocycles. The number of nitrogens with one attached hydrogen (secondary N) is 1. The molecule has 0 amide bonds. The van der Waals surface area contributed by atoms with Gasteiger partial charge in [-0.25, -0.2) is 0 Å². The average Bonchev–Trinajstić information content (AvgIpc) is 2.96. The molecule has 1 aliphatic carbocycles. The Morgan fingerprint density at radius 2 is 1.35 bits per heavy atom. The van der Waals surface area contributed by atoms with Gasteiger partial charge in [0, 0.05) is 40.1 Å². The van der Waals surface area contributed by atoms with Crippen molar-refractivity contribution in [2.45, 2.75) is 32.6 Å². The molecule has 0 spiro atoms. The summed E-state index contributed by atoms with van der Waals surface area (Å²) in [5.74, 6) is 0.197. The van der Waals surface area contributed by atoms with Crippen LogP contribution < -0.4 is 5.32 Å². The fourth-order valence-electron chi connectivity index (χ4n) is 6.60. The molecule has 196 valence electrons. The summed E-state index contributed by atoms with van der Waals surface area (Å²) in [5, 5.41) is 17.7. The number of carbonyl (C=O) groups is 1. The number of aromatic hydroxyl groups is 1. The van der Waals surface area contributed by atoms with E-state index >= 15 is 0 Å². The Labute approximate surface area is 234 Å². The zero-order chi connectivity index (χ0) is 27.4. The highest BCUT2D eigenvalue weighted by Gasteiger charge is 2.41. The number of phenolic OH excluding ortho intramolecular Hbond substituents is 1. The standard InChI is InChI=1S/C37H31NO2/c1-37(2)21-31-34(32(39)22-37)33(28-18-17-25-15-9-10-16-27(25)35(28)38-31)26-19-29(23-11-5-3-6-12-23)36(40)30(20-26)24-13-7-4-8-14-24/h3-20,33,38,40H,21-22H2,1-2H3. The van der Waals surface area contributed by atoms with Gasteiger partial charge in [-0.15, -0.1) is 0 Å². The first kappa shape index (κ1) is 24.4. The molecular weight excluding hydrogens is 490 g/mol. The predicted molar refractivity (Wildman–Crippen MR) is 163 cm³/mol. The summed E-state index contributed by atoms with van der Waals surface area (Å²) >= 11 is 0. The van der Waals surface area contributed by atoms with Crippen molar-refractivity contribution in [2.75, 3.05) is 5.32 Å². The van der Waals surface area contributed by atoms with E-state index in [9.17, 15) is 9.90 Å². The Morgan fingerprint density at radius 1 is 0.750 bits per heavy atom. The van der Waals surface area contributed by atoms with Crippen molar-refractivity contribution in [3.63, 3.8) is 0 Å². The van der Waals surface area contributed by atoms with Crippen molar-refractivity contribution in [1.29, 1.82) is 0 Å². The lowest BCUT2D eigenvalue weighted by atomic mass is 9.68. The molecule has 0 bridgehead atoms. The Bertz CT molecular complexity index is 1760. The second kappa shape index (κ2) is 9.24. The number of rotatable bonds is 3. The summed E-state index contributed by atoms with van der Waals surface area (Å²) in [4.78, 5) is 13.9. The zero-order valence-corrected chi connectivity index (χ0v) is 22.7. The van der Waals surface area contributed by atoms with Crippen LogP contribution in [0.1, 0.15) is 43.7 Å². The van der Waals surface area contributed by atoms with E-state index in [1.165, 1.54) is 5.39 Å². The molecule has 2 N–H and O–H groups in total. The number of allylic oxidation sites excluding steroid dienone is 2. The lowest BCUT2D eigenvalue weighted by molar-refractivity contribution is -0.118. The second-order valence-electron chi connectivity index (χ2n) is 11.8. The van der Waals surface area contributed by atoms with E-state index in [-0.39, 0.29) is 22.9 Å². The highest BCUT2D eigenvalue weighted by Crippen LogP contribution is 2.52. The third-order valence-corrected chi connectivity index (χ3v) is 8.39. The number of fused-ring (bicyclic) bond motifs is 3. The first-order valence-corrected chi connectivity index (χ1v) is 13.9. The lowest BCUT2D eigenvalue weighted by Gasteiger charge is -2.40. The van der Waals surface area contributed by atoms with Crippen LogP contribution in [-0.4, -0.2) is 10.9 Å². The number of ketones is 1. The maximum Gasteiger partial charge on any atom is 0.162 e. The van der Waals surface area contributed by atoms with E-state index in [4.69, 9.17) is 0 Å². The Kier molecular flexibility index (Phi) is 5.64. The van der Waals surface area contributed by atoms with E-state index in [0.717, 1.165) is 62.1 Å². The normalized spacial score (nSPS) is 17.8. The SMILES string of the molecule is CC1(C)CC(=O)C2=C(C1)Nc1c(ccc3ccccc13)C2c1cc(-c2ccccc2)c(O)c(-c2ccccc2)c1. The van der Waals surface area contributed by atoms with Crippen LogP contribution in [0.3, 0.4) is 0 Å². The summed E-state index contributed by atoms with van der Waals surface area (Å²) in [7, 11) is 0. The summed E-state index contributed by atoms with van der Waals surface area (Å²) in [5.41, 5.74) is 8.35. The molecule has 7 rings (SSSR count). The summed E-state index contributed by atoms with van der Waals surface area (Å²) in [6, 6.07) is 36.9. The van der Waals surface area contributed by atoms with E-state index in [1.54, 1.807) is 0 Å².